The molecule has 1 saturated heterocycles. The Hall–Kier alpha value is -0.630. The molecule has 1 aliphatic carbocycles. The van der Waals surface area contributed by atoms with Crippen molar-refractivity contribution in [1.82, 2.24) is 15.1 Å². The molecule has 4 heteroatoms. The van der Waals surface area contributed by atoms with Crippen LogP contribution in [0.1, 0.15) is 38.5 Å². The lowest BCUT2D eigenvalue weighted by Crippen LogP contribution is -2.48. The van der Waals surface area contributed by atoms with E-state index in [0.29, 0.717) is 12.0 Å². The summed E-state index contributed by atoms with van der Waals surface area (Å²) in [5, 5.41) is 12.8. The van der Waals surface area contributed by atoms with Crippen LogP contribution in [-0.2, 0) is 0 Å². The van der Waals surface area contributed by atoms with Crippen molar-refractivity contribution in [2.45, 2.75) is 50.1 Å². The van der Waals surface area contributed by atoms with Gasteiger partial charge in [0, 0.05) is 12.6 Å². The Morgan fingerprint density at radius 2 is 2.15 bits per heavy atom. The first-order valence-corrected chi connectivity index (χ1v) is 8.10. The maximum absolute atomic E-state index is 9.51. The van der Waals surface area contributed by atoms with Crippen molar-refractivity contribution in [2.24, 2.45) is 5.92 Å². The van der Waals surface area contributed by atoms with Gasteiger partial charge in [-0.25, -0.2) is 0 Å². The quantitative estimate of drug-likeness (QED) is 0.831. The number of likely N-dealkylation sites (tertiary alicyclic amines) is 1. The zero-order chi connectivity index (χ0) is 14.6. The van der Waals surface area contributed by atoms with E-state index in [1.807, 2.05) is 7.05 Å². The smallest absolute Gasteiger partial charge is 0.109 e. The summed E-state index contributed by atoms with van der Waals surface area (Å²) in [4.78, 5) is 4.96. The summed E-state index contributed by atoms with van der Waals surface area (Å²) in [5.74, 6) is 0.525. The molecular formula is C16H30N4. The molecule has 4 nitrogen and oxygen atoms in total. The van der Waals surface area contributed by atoms with Gasteiger partial charge in [0.1, 0.15) is 5.54 Å². The van der Waals surface area contributed by atoms with Crippen LogP contribution in [0.4, 0.5) is 0 Å². The van der Waals surface area contributed by atoms with Gasteiger partial charge in [-0.15, -0.1) is 0 Å². The van der Waals surface area contributed by atoms with Crippen molar-refractivity contribution in [2.75, 3.05) is 40.8 Å². The minimum absolute atomic E-state index is 0.253. The van der Waals surface area contributed by atoms with Crippen LogP contribution in [0, 0.1) is 17.2 Å². The van der Waals surface area contributed by atoms with Crippen molar-refractivity contribution in [3.8, 4) is 6.07 Å². The number of hydrogen-bond donors (Lipinski definition) is 1. The predicted molar refractivity (Wildman–Crippen MR) is 82.5 cm³/mol. The molecule has 2 rings (SSSR count). The lowest BCUT2D eigenvalue weighted by molar-refractivity contribution is 0.123. The van der Waals surface area contributed by atoms with Gasteiger partial charge in [-0.05, 0) is 72.3 Å². The Morgan fingerprint density at radius 1 is 1.35 bits per heavy atom. The third kappa shape index (κ3) is 3.33. The van der Waals surface area contributed by atoms with Gasteiger partial charge >= 0.3 is 0 Å². The lowest BCUT2D eigenvalue weighted by Gasteiger charge is -2.37. The molecule has 1 heterocycles. The SMILES string of the molecule is CNC1(C#N)CCCC1CCN1CCCC(N(C)C)C1. The Kier molecular flexibility index (Phi) is 5.42. The van der Waals surface area contributed by atoms with Crippen LogP contribution >= 0.6 is 0 Å². The van der Waals surface area contributed by atoms with Crippen LogP contribution in [0.3, 0.4) is 0 Å². The van der Waals surface area contributed by atoms with E-state index in [1.165, 1.54) is 38.8 Å². The number of likely N-dealkylation sites (N-methyl/N-ethyl adjacent to an activating group) is 1. The summed E-state index contributed by atoms with van der Waals surface area (Å²) in [6.45, 7) is 3.58. The zero-order valence-electron chi connectivity index (χ0n) is 13.4. The first-order valence-electron chi connectivity index (χ1n) is 8.10. The molecule has 0 radical (unpaired) electrons. The van der Waals surface area contributed by atoms with E-state index >= 15 is 0 Å². The number of rotatable bonds is 5. The summed E-state index contributed by atoms with van der Waals surface area (Å²) in [6, 6.07) is 3.26. The first kappa shape index (κ1) is 15.8. The highest BCUT2D eigenvalue weighted by Gasteiger charge is 2.41. The fraction of sp³-hybridized carbons (Fsp3) is 0.938. The van der Waals surface area contributed by atoms with E-state index in [0.717, 1.165) is 19.4 Å². The standard InChI is InChI=1S/C16H30N4/c1-18-16(13-17)9-4-6-14(16)8-11-20-10-5-7-15(12-20)19(2)3/h14-15,18H,4-12H2,1-3H3. The fourth-order valence-corrected chi connectivity index (χ4v) is 3.99. The van der Waals surface area contributed by atoms with Crippen molar-refractivity contribution >= 4 is 0 Å². The molecular weight excluding hydrogens is 248 g/mol. The van der Waals surface area contributed by atoms with Gasteiger partial charge in [-0.3, -0.25) is 0 Å². The second kappa shape index (κ2) is 6.89. The summed E-state index contributed by atoms with van der Waals surface area (Å²) < 4.78 is 0. The zero-order valence-corrected chi connectivity index (χ0v) is 13.4. The summed E-state index contributed by atoms with van der Waals surface area (Å²) in [6.07, 6.45) is 7.22. The maximum Gasteiger partial charge on any atom is 0.109 e. The molecule has 20 heavy (non-hydrogen) atoms. The van der Waals surface area contributed by atoms with Gasteiger partial charge in [0.2, 0.25) is 0 Å². The number of nitriles is 1. The highest BCUT2D eigenvalue weighted by Crippen LogP contribution is 2.37. The summed E-state index contributed by atoms with van der Waals surface area (Å²) in [7, 11) is 6.32. The molecule has 0 aromatic heterocycles. The van der Waals surface area contributed by atoms with Crippen molar-refractivity contribution in [3.63, 3.8) is 0 Å². The molecule has 0 bridgehead atoms. The molecule has 0 aromatic rings. The molecule has 0 amide bonds. The molecule has 1 aliphatic heterocycles. The van der Waals surface area contributed by atoms with E-state index in [2.05, 4.69) is 35.3 Å². The minimum atomic E-state index is -0.253. The monoisotopic (exact) mass is 278 g/mol. The third-order valence-corrected chi connectivity index (χ3v) is 5.47. The Bertz CT molecular complexity index is 349. The molecule has 2 fully saturated rings. The van der Waals surface area contributed by atoms with E-state index in [-0.39, 0.29) is 5.54 Å². The Labute approximate surface area is 124 Å². The van der Waals surface area contributed by atoms with Gasteiger partial charge in [0.05, 0.1) is 6.07 Å². The fourth-order valence-electron chi connectivity index (χ4n) is 3.99. The average molecular weight is 278 g/mol. The van der Waals surface area contributed by atoms with Crippen LogP contribution in [-0.4, -0.2) is 62.2 Å². The third-order valence-electron chi connectivity index (χ3n) is 5.47. The molecule has 1 N–H and O–H groups in total. The van der Waals surface area contributed by atoms with Crippen LogP contribution < -0.4 is 5.32 Å². The normalized spacial score (nSPS) is 35.4. The molecule has 0 spiro atoms. The Morgan fingerprint density at radius 3 is 2.80 bits per heavy atom. The average Bonchev–Trinajstić information content (AvgIpc) is 2.88. The van der Waals surface area contributed by atoms with Crippen LogP contribution in [0.2, 0.25) is 0 Å². The topological polar surface area (TPSA) is 42.3 Å². The molecule has 3 atom stereocenters. The number of piperidine rings is 1. The molecule has 2 aliphatic rings. The molecule has 1 saturated carbocycles. The van der Waals surface area contributed by atoms with Crippen LogP contribution in [0.5, 0.6) is 0 Å². The van der Waals surface area contributed by atoms with Crippen LogP contribution in [0.25, 0.3) is 0 Å². The van der Waals surface area contributed by atoms with Crippen molar-refractivity contribution in [3.05, 3.63) is 0 Å². The Balaban J connectivity index is 1.84. The summed E-state index contributed by atoms with van der Waals surface area (Å²) >= 11 is 0. The minimum Gasteiger partial charge on any atom is -0.305 e. The largest absolute Gasteiger partial charge is 0.305 e. The van der Waals surface area contributed by atoms with Gasteiger partial charge in [-0.1, -0.05) is 6.42 Å². The van der Waals surface area contributed by atoms with E-state index in [9.17, 15) is 5.26 Å². The van der Waals surface area contributed by atoms with Gasteiger partial charge in [0.25, 0.3) is 0 Å². The maximum atomic E-state index is 9.51. The highest BCUT2D eigenvalue weighted by molar-refractivity contribution is 5.13. The molecule has 0 aromatic carbocycles. The predicted octanol–water partition coefficient (Wildman–Crippen LogP) is 1.68. The second-order valence-corrected chi connectivity index (χ2v) is 6.77. The van der Waals surface area contributed by atoms with Gasteiger partial charge in [0.15, 0.2) is 0 Å². The number of nitrogens with zero attached hydrogens (tertiary/aromatic N) is 3. The first-order chi connectivity index (χ1) is 9.61. The van der Waals surface area contributed by atoms with Crippen LogP contribution in [0.15, 0.2) is 0 Å². The van der Waals surface area contributed by atoms with Crippen molar-refractivity contribution < 1.29 is 0 Å². The van der Waals surface area contributed by atoms with Gasteiger partial charge in [-0.2, -0.15) is 5.26 Å². The second-order valence-electron chi connectivity index (χ2n) is 6.77. The molecule has 114 valence electrons. The number of hydrogen-bond acceptors (Lipinski definition) is 4. The lowest BCUT2D eigenvalue weighted by atomic mass is 9.86. The van der Waals surface area contributed by atoms with E-state index in [4.69, 9.17) is 0 Å². The highest BCUT2D eigenvalue weighted by atomic mass is 15.2. The van der Waals surface area contributed by atoms with Gasteiger partial charge < -0.3 is 15.1 Å². The molecule has 3 unspecified atom stereocenters. The van der Waals surface area contributed by atoms with E-state index in [1.54, 1.807) is 0 Å². The van der Waals surface area contributed by atoms with E-state index < -0.39 is 0 Å². The summed E-state index contributed by atoms with van der Waals surface area (Å²) in [5.41, 5.74) is -0.253. The van der Waals surface area contributed by atoms with Crippen molar-refractivity contribution in [1.29, 1.82) is 5.26 Å². The number of nitrogens with one attached hydrogen (secondary N) is 1.